The van der Waals surface area contributed by atoms with E-state index in [0.29, 0.717) is 0 Å². The second-order valence-corrected chi connectivity index (χ2v) is 24.2. The molecule has 1 spiro atoms. The topological polar surface area (TPSA) is 29.5 Å². The van der Waals surface area contributed by atoms with Gasteiger partial charge in [0.1, 0.15) is 22.3 Å². The van der Waals surface area contributed by atoms with Gasteiger partial charge in [-0.05, 0) is 161 Å². The smallest absolute Gasteiger partial charge is 0.143 e. The number of rotatable bonds is 5. The Bertz CT molecular complexity index is 4820. The van der Waals surface area contributed by atoms with Crippen molar-refractivity contribution in [3.8, 4) is 66.8 Å². The predicted octanol–water partition coefficient (Wildman–Crippen LogP) is 21.2. The first-order valence-electron chi connectivity index (χ1n) is 28.8. The summed E-state index contributed by atoms with van der Waals surface area (Å²) in [6.07, 6.45) is 0. The van der Waals surface area contributed by atoms with Gasteiger partial charge < -0.3 is 13.7 Å². The third kappa shape index (κ3) is 5.79. The number of benzene rings is 12. The summed E-state index contributed by atoms with van der Waals surface area (Å²) in [4.78, 5) is 2.55. The number of hydrogen-bond acceptors (Lipinski definition) is 3. The summed E-state index contributed by atoms with van der Waals surface area (Å²) in [5.74, 6) is 0. The van der Waals surface area contributed by atoms with Gasteiger partial charge in [0, 0.05) is 60.6 Å². The van der Waals surface area contributed by atoms with Crippen LogP contribution in [0, 0.1) is 0 Å². The van der Waals surface area contributed by atoms with Crippen LogP contribution in [0.5, 0.6) is 0 Å². The molecule has 82 heavy (non-hydrogen) atoms. The van der Waals surface area contributed by atoms with Gasteiger partial charge in [0.25, 0.3) is 0 Å². The Kier molecular flexibility index (Phi) is 9.01. The van der Waals surface area contributed by atoms with Gasteiger partial charge in [0.2, 0.25) is 0 Å². The third-order valence-electron chi connectivity index (χ3n) is 19.5. The lowest BCUT2D eigenvalue weighted by Crippen LogP contribution is -2.26. The number of hydrogen-bond donors (Lipinski definition) is 0. The molecule has 0 radical (unpaired) electrons. The summed E-state index contributed by atoms with van der Waals surface area (Å²) in [6, 6.07) is 92.7. The van der Waals surface area contributed by atoms with Crippen LogP contribution in [0.4, 0.5) is 17.1 Å². The van der Waals surface area contributed by atoms with Crippen molar-refractivity contribution >= 4 is 60.9 Å². The number of furan rings is 2. The Morgan fingerprint density at radius 2 is 0.634 bits per heavy atom. The fourth-order valence-corrected chi connectivity index (χ4v) is 15.8. The standard InChI is InChI=1S/C79H53NO2/c1-77(2)64-41-48(36-39-55(64)71-67(77)44-59(46-21-7-5-8-22-46)75-73(71)57-28-14-19-33-69(57)81-75)80(50-35-38-54-53-27-13-18-32-63(53)79(66(54)43-50)61-30-16-11-25-51(61)52-26-12-17-31-62(52)79)49-37-40-56-65(42-49)78(3,4)68-45-60(47-23-9-6-10-24-47)76-74(72(56)68)58-29-15-20-34-70(58)82-76/h5-45H,1-4H3. The largest absolute Gasteiger partial charge is 0.455 e. The molecule has 18 rings (SSSR count). The molecule has 2 heterocycles. The maximum Gasteiger partial charge on any atom is 0.143 e. The van der Waals surface area contributed by atoms with Crippen molar-refractivity contribution in [1.29, 1.82) is 0 Å². The minimum atomic E-state index is -0.506. The number of fused-ring (bicyclic) bond motifs is 24. The van der Waals surface area contributed by atoms with E-state index >= 15 is 0 Å². The van der Waals surface area contributed by atoms with E-state index in [0.717, 1.165) is 72.4 Å². The van der Waals surface area contributed by atoms with E-state index in [9.17, 15) is 0 Å². The van der Waals surface area contributed by atoms with Gasteiger partial charge in [-0.2, -0.15) is 0 Å². The van der Waals surface area contributed by atoms with Crippen molar-refractivity contribution < 1.29 is 8.83 Å². The van der Waals surface area contributed by atoms with E-state index in [4.69, 9.17) is 8.83 Å². The Hall–Kier alpha value is -9.96. The van der Waals surface area contributed by atoms with Gasteiger partial charge in [-0.15, -0.1) is 0 Å². The molecule has 0 bridgehead atoms. The summed E-state index contributed by atoms with van der Waals surface area (Å²) < 4.78 is 13.8. The summed E-state index contributed by atoms with van der Waals surface area (Å²) in [7, 11) is 0. The second-order valence-electron chi connectivity index (χ2n) is 24.2. The molecular weight excluding hydrogens is 995 g/mol. The molecular formula is C79H53NO2. The first-order chi connectivity index (χ1) is 40.2. The Morgan fingerprint density at radius 1 is 0.280 bits per heavy atom. The monoisotopic (exact) mass is 1050 g/mol. The quantitative estimate of drug-likeness (QED) is 0.172. The predicted molar refractivity (Wildman–Crippen MR) is 338 cm³/mol. The lowest BCUT2D eigenvalue weighted by atomic mass is 9.70. The van der Waals surface area contributed by atoms with Gasteiger partial charge in [-0.1, -0.05) is 216 Å². The van der Waals surface area contributed by atoms with Crippen LogP contribution < -0.4 is 4.90 Å². The molecule has 386 valence electrons. The molecule has 0 fully saturated rings. The Labute approximate surface area is 476 Å². The molecule has 0 saturated heterocycles. The molecule has 0 unspecified atom stereocenters. The summed E-state index contributed by atoms with van der Waals surface area (Å²) in [5.41, 5.74) is 31.0. The average molecular weight is 1050 g/mol. The highest BCUT2D eigenvalue weighted by molar-refractivity contribution is 6.20. The second kappa shape index (κ2) is 16.1. The molecule has 4 aliphatic rings. The van der Waals surface area contributed by atoms with E-state index in [-0.39, 0.29) is 10.8 Å². The van der Waals surface area contributed by atoms with Crippen molar-refractivity contribution in [2.45, 2.75) is 43.9 Å². The molecule has 0 aliphatic heterocycles. The molecule has 2 aromatic heterocycles. The molecule has 0 amide bonds. The van der Waals surface area contributed by atoms with Crippen LogP contribution in [0.2, 0.25) is 0 Å². The lowest BCUT2D eigenvalue weighted by molar-refractivity contribution is 0.657. The highest BCUT2D eigenvalue weighted by Gasteiger charge is 2.52. The molecule has 12 aromatic carbocycles. The maximum absolute atomic E-state index is 6.90. The molecule has 0 saturated carbocycles. The van der Waals surface area contributed by atoms with Gasteiger partial charge in [-0.3, -0.25) is 0 Å². The van der Waals surface area contributed by atoms with Crippen molar-refractivity contribution in [2.24, 2.45) is 0 Å². The van der Waals surface area contributed by atoms with Gasteiger partial charge in [0.05, 0.1) is 5.41 Å². The van der Waals surface area contributed by atoms with Crippen molar-refractivity contribution in [3.63, 3.8) is 0 Å². The minimum absolute atomic E-state index is 0.361. The molecule has 14 aromatic rings. The fourth-order valence-electron chi connectivity index (χ4n) is 15.8. The SMILES string of the molecule is CC1(C)c2cc(N(c3ccc4c(c3)C(C)(C)c3cc(-c5ccccc5)c5oc6ccccc6c5c3-4)c3ccc4c(c3)C3(c5ccccc5-c5ccccc53)c3ccccc3-4)ccc2-c2c1cc(-c1ccccc1)c1oc3ccccc3c21. The molecule has 0 atom stereocenters. The number of nitrogens with zero attached hydrogens (tertiary/aromatic N) is 1. The van der Waals surface area contributed by atoms with E-state index in [1.807, 2.05) is 0 Å². The van der Waals surface area contributed by atoms with E-state index in [1.165, 1.54) is 99.8 Å². The average Bonchev–Trinajstić information content (AvgIpc) is 1.66. The fraction of sp³-hybridized carbons (Fsp3) is 0.0886. The molecule has 0 N–H and O–H groups in total. The molecule has 3 nitrogen and oxygen atoms in total. The summed E-state index contributed by atoms with van der Waals surface area (Å²) in [5, 5.41) is 4.64. The van der Waals surface area contributed by atoms with Gasteiger partial charge in [0.15, 0.2) is 0 Å². The Morgan fingerprint density at radius 3 is 1.07 bits per heavy atom. The third-order valence-corrected chi connectivity index (χ3v) is 19.5. The maximum atomic E-state index is 6.90. The lowest BCUT2D eigenvalue weighted by Gasteiger charge is -2.33. The van der Waals surface area contributed by atoms with Crippen LogP contribution in [0.25, 0.3) is 111 Å². The zero-order chi connectivity index (χ0) is 54.4. The van der Waals surface area contributed by atoms with E-state index < -0.39 is 5.41 Å². The van der Waals surface area contributed by atoms with Crippen LogP contribution in [-0.4, -0.2) is 0 Å². The molecule has 4 aliphatic carbocycles. The van der Waals surface area contributed by atoms with Crippen LogP contribution >= 0.6 is 0 Å². The summed E-state index contributed by atoms with van der Waals surface area (Å²) >= 11 is 0. The normalized spacial score (nSPS) is 14.9. The first-order valence-corrected chi connectivity index (χ1v) is 28.8. The zero-order valence-electron chi connectivity index (χ0n) is 45.9. The summed E-state index contributed by atoms with van der Waals surface area (Å²) in [6.45, 7) is 9.66. The molecule has 3 heteroatoms. The van der Waals surface area contributed by atoms with Crippen molar-refractivity contribution in [3.05, 3.63) is 293 Å². The first kappa shape index (κ1) is 45.9. The van der Waals surface area contributed by atoms with Gasteiger partial charge in [-0.25, -0.2) is 0 Å². The van der Waals surface area contributed by atoms with Crippen molar-refractivity contribution in [1.82, 2.24) is 0 Å². The van der Waals surface area contributed by atoms with E-state index in [2.05, 4.69) is 281 Å². The van der Waals surface area contributed by atoms with Crippen LogP contribution in [0.15, 0.2) is 258 Å². The van der Waals surface area contributed by atoms with Crippen molar-refractivity contribution in [2.75, 3.05) is 4.90 Å². The van der Waals surface area contributed by atoms with E-state index in [1.54, 1.807) is 0 Å². The van der Waals surface area contributed by atoms with Crippen LogP contribution in [0.3, 0.4) is 0 Å². The number of anilines is 3. The van der Waals surface area contributed by atoms with Gasteiger partial charge >= 0.3 is 0 Å². The minimum Gasteiger partial charge on any atom is -0.455 e. The highest BCUT2D eigenvalue weighted by atomic mass is 16.3. The zero-order valence-corrected chi connectivity index (χ0v) is 45.9. The van der Waals surface area contributed by atoms with Crippen LogP contribution in [0.1, 0.15) is 72.2 Å². The highest BCUT2D eigenvalue weighted by Crippen LogP contribution is 2.64. The number of para-hydroxylation sites is 2. The Balaban J connectivity index is 0.889. The van der Waals surface area contributed by atoms with Crippen LogP contribution in [-0.2, 0) is 16.2 Å².